The molecule has 0 saturated carbocycles. The molecular weight excluding hydrogens is 419 g/mol. The van der Waals surface area contributed by atoms with E-state index in [1.807, 2.05) is 23.5 Å². The van der Waals surface area contributed by atoms with E-state index in [2.05, 4.69) is 46.9 Å². The van der Waals surface area contributed by atoms with Crippen LogP contribution >= 0.6 is 45.5 Å². The van der Waals surface area contributed by atoms with E-state index >= 15 is 0 Å². The van der Waals surface area contributed by atoms with Gasteiger partial charge in [0.15, 0.2) is 0 Å². The lowest BCUT2D eigenvalue weighted by molar-refractivity contribution is 0.111. The van der Waals surface area contributed by atoms with Crippen LogP contribution in [-0.4, -0.2) is 25.7 Å². The summed E-state index contributed by atoms with van der Waals surface area (Å²) < 4.78 is 12.2. The topological polar surface area (TPSA) is 18.5 Å². The molecular formula is C16H18ClIO2S. The van der Waals surface area contributed by atoms with Gasteiger partial charge in [-0.1, -0.05) is 12.1 Å². The fourth-order valence-electron chi connectivity index (χ4n) is 1.88. The average Bonchev–Trinajstić information content (AvgIpc) is 2.92. The van der Waals surface area contributed by atoms with Crippen molar-refractivity contribution in [3.63, 3.8) is 0 Å². The molecule has 21 heavy (non-hydrogen) atoms. The third kappa shape index (κ3) is 6.55. The Morgan fingerprint density at radius 1 is 0.952 bits per heavy atom. The van der Waals surface area contributed by atoms with Gasteiger partial charge in [-0.25, -0.2) is 0 Å². The third-order valence-electron chi connectivity index (χ3n) is 2.93. The Morgan fingerprint density at radius 3 is 2.43 bits per heavy atom. The fourth-order valence-corrected chi connectivity index (χ4v) is 3.75. The molecule has 2 nitrogen and oxygen atoms in total. The summed E-state index contributed by atoms with van der Waals surface area (Å²) in [4.78, 5) is 1.44. The predicted octanol–water partition coefficient (Wildman–Crippen LogP) is 4.77. The van der Waals surface area contributed by atoms with Gasteiger partial charge in [0.05, 0.1) is 16.1 Å². The van der Waals surface area contributed by atoms with Gasteiger partial charge in [-0.05, 0) is 65.3 Å². The highest BCUT2D eigenvalue weighted by Crippen LogP contribution is 2.20. The summed E-state index contributed by atoms with van der Waals surface area (Å²) in [6.07, 6.45) is 2.16. The second-order valence-corrected chi connectivity index (χ2v) is 7.94. The molecule has 1 aromatic heterocycles. The van der Waals surface area contributed by atoms with Crippen molar-refractivity contribution in [2.24, 2.45) is 0 Å². The number of rotatable bonds is 9. The predicted molar refractivity (Wildman–Crippen MR) is 97.9 cm³/mol. The molecule has 0 fully saturated rings. The van der Waals surface area contributed by atoms with Crippen molar-refractivity contribution in [1.82, 2.24) is 0 Å². The van der Waals surface area contributed by atoms with E-state index in [4.69, 9.17) is 21.1 Å². The maximum Gasteiger partial charge on any atom is 0.119 e. The standard InChI is InChI=1S/C16H18ClIO2S/c17-9-10-19-11-12-20-14-4-1-13(2-5-14)3-6-15-7-8-16(18)21-15/h1-2,4-5,7-8H,3,6,9-12H2. The molecule has 0 aliphatic rings. The van der Waals surface area contributed by atoms with E-state index in [-0.39, 0.29) is 0 Å². The number of ether oxygens (including phenoxy) is 2. The zero-order chi connectivity index (χ0) is 14.9. The van der Waals surface area contributed by atoms with Crippen LogP contribution in [0.15, 0.2) is 36.4 Å². The highest BCUT2D eigenvalue weighted by atomic mass is 127. The van der Waals surface area contributed by atoms with Crippen molar-refractivity contribution < 1.29 is 9.47 Å². The maximum absolute atomic E-state index is 5.61. The minimum Gasteiger partial charge on any atom is -0.491 e. The number of hydrogen-bond donors (Lipinski definition) is 0. The Hall–Kier alpha value is -0.300. The van der Waals surface area contributed by atoms with Crippen molar-refractivity contribution in [3.05, 3.63) is 49.7 Å². The first kappa shape index (κ1) is 17.1. The lowest BCUT2D eigenvalue weighted by atomic mass is 10.1. The smallest absolute Gasteiger partial charge is 0.119 e. The van der Waals surface area contributed by atoms with Crippen molar-refractivity contribution >= 4 is 45.5 Å². The quantitative estimate of drug-likeness (QED) is 0.320. The van der Waals surface area contributed by atoms with Gasteiger partial charge in [-0.2, -0.15) is 0 Å². The summed E-state index contributed by atoms with van der Waals surface area (Å²) >= 11 is 9.76. The van der Waals surface area contributed by atoms with E-state index in [1.54, 1.807) is 0 Å². The Morgan fingerprint density at radius 2 is 1.76 bits per heavy atom. The van der Waals surface area contributed by atoms with Crippen LogP contribution in [-0.2, 0) is 17.6 Å². The molecule has 0 radical (unpaired) electrons. The van der Waals surface area contributed by atoms with Crippen molar-refractivity contribution in [2.45, 2.75) is 12.8 Å². The number of alkyl halides is 1. The lowest BCUT2D eigenvalue weighted by Gasteiger charge is -2.07. The van der Waals surface area contributed by atoms with Gasteiger partial charge >= 0.3 is 0 Å². The van der Waals surface area contributed by atoms with E-state index in [9.17, 15) is 0 Å². The van der Waals surface area contributed by atoms with Gasteiger partial charge in [-0.15, -0.1) is 22.9 Å². The van der Waals surface area contributed by atoms with Gasteiger partial charge in [0.2, 0.25) is 0 Å². The second kappa shape index (κ2) is 9.66. The number of hydrogen-bond acceptors (Lipinski definition) is 3. The molecule has 0 unspecified atom stereocenters. The van der Waals surface area contributed by atoms with Gasteiger partial charge < -0.3 is 9.47 Å². The molecule has 0 amide bonds. The van der Waals surface area contributed by atoms with Crippen molar-refractivity contribution in [2.75, 3.05) is 25.7 Å². The summed E-state index contributed by atoms with van der Waals surface area (Å²) in [6, 6.07) is 12.7. The molecule has 5 heteroatoms. The first-order valence-electron chi connectivity index (χ1n) is 6.87. The second-order valence-electron chi connectivity index (χ2n) is 4.50. The average molecular weight is 437 g/mol. The lowest BCUT2D eigenvalue weighted by Crippen LogP contribution is -2.07. The first-order chi connectivity index (χ1) is 10.3. The minimum absolute atomic E-state index is 0.526. The first-order valence-corrected chi connectivity index (χ1v) is 9.30. The van der Waals surface area contributed by atoms with Crippen LogP contribution in [0.25, 0.3) is 0 Å². The molecule has 0 N–H and O–H groups in total. The molecule has 114 valence electrons. The van der Waals surface area contributed by atoms with Gasteiger partial charge in [-0.3, -0.25) is 0 Å². The Kier molecular flexibility index (Phi) is 7.85. The molecule has 1 aromatic carbocycles. The molecule has 0 spiro atoms. The fraction of sp³-hybridized carbons (Fsp3) is 0.375. The maximum atomic E-state index is 5.61. The largest absolute Gasteiger partial charge is 0.491 e. The molecule has 0 aliphatic heterocycles. The summed E-state index contributed by atoms with van der Waals surface area (Å²) in [7, 11) is 0. The summed E-state index contributed by atoms with van der Waals surface area (Å²) in [5.74, 6) is 1.41. The van der Waals surface area contributed by atoms with Crippen LogP contribution < -0.4 is 4.74 Å². The Balaban J connectivity index is 1.71. The van der Waals surface area contributed by atoms with E-state index in [0.717, 1.165) is 18.6 Å². The summed E-state index contributed by atoms with van der Waals surface area (Å²) in [6.45, 7) is 1.71. The highest BCUT2D eigenvalue weighted by Gasteiger charge is 2.00. The van der Waals surface area contributed by atoms with Crippen molar-refractivity contribution in [3.8, 4) is 5.75 Å². The number of thiophene rings is 1. The van der Waals surface area contributed by atoms with Gasteiger partial charge in [0.1, 0.15) is 12.4 Å². The third-order valence-corrected chi connectivity index (χ3v) is 5.04. The molecule has 2 rings (SSSR count). The number of halogens is 2. The summed E-state index contributed by atoms with van der Waals surface area (Å²) in [5.41, 5.74) is 1.34. The molecule has 0 bridgehead atoms. The normalized spacial score (nSPS) is 10.8. The molecule has 1 heterocycles. The van der Waals surface area contributed by atoms with Crippen LogP contribution in [0, 0.1) is 2.88 Å². The van der Waals surface area contributed by atoms with Crippen LogP contribution in [0.2, 0.25) is 0 Å². The molecule has 0 saturated heterocycles. The molecule has 0 atom stereocenters. The highest BCUT2D eigenvalue weighted by molar-refractivity contribution is 14.1. The van der Waals surface area contributed by atoms with Gasteiger partial charge in [0.25, 0.3) is 0 Å². The number of benzene rings is 1. The minimum atomic E-state index is 0.526. The van der Waals surface area contributed by atoms with E-state index < -0.39 is 0 Å². The zero-order valence-electron chi connectivity index (χ0n) is 11.7. The van der Waals surface area contributed by atoms with Gasteiger partial charge in [0, 0.05) is 10.8 Å². The summed E-state index contributed by atoms with van der Waals surface area (Å²) in [5, 5.41) is 0. The van der Waals surface area contributed by atoms with E-state index in [0.29, 0.717) is 25.7 Å². The van der Waals surface area contributed by atoms with Crippen LogP contribution in [0.4, 0.5) is 0 Å². The van der Waals surface area contributed by atoms with Crippen LogP contribution in [0.1, 0.15) is 10.4 Å². The van der Waals surface area contributed by atoms with Crippen molar-refractivity contribution in [1.29, 1.82) is 0 Å². The molecule has 2 aromatic rings. The Bertz CT molecular complexity index is 527. The Labute approximate surface area is 148 Å². The monoisotopic (exact) mass is 436 g/mol. The number of aryl methyl sites for hydroxylation is 2. The zero-order valence-corrected chi connectivity index (χ0v) is 15.4. The molecule has 0 aliphatic carbocycles. The van der Waals surface area contributed by atoms with Crippen LogP contribution in [0.5, 0.6) is 5.75 Å². The van der Waals surface area contributed by atoms with Crippen LogP contribution in [0.3, 0.4) is 0 Å². The SMILES string of the molecule is ClCCOCCOc1ccc(CCc2ccc(I)s2)cc1. The van der Waals surface area contributed by atoms with E-state index in [1.165, 1.54) is 13.3 Å².